The molecule has 0 fully saturated rings. The summed E-state index contributed by atoms with van der Waals surface area (Å²) < 4.78 is 2.09. The summed E-state index contributed by atoms with van der Waals surface area (Å²) in [6.07, 6.45) is 5.56. The second-order valence-corrected chi connectivity index (χ2v) is 9.61. The van der Waals surface area contributed by atoms with Crippen LogP contribution in [0.5, 0.6) is 11.5 Å². The molecule has 1 aromatic heterocycles. The first-order valence-electron chi connectivity index (χ1n) is 12.4. The third-order valence-electron chi connectivity index (χ3n) is 6.99. The topological polar surface area (TPSA) is 122 Å². The summed E-state index contributed by atoms with van der Waals surface area (Å²) >= 11 is 0. The fourth-order valence-electron chi connectivity index (χ4n) is 5.03. The largest absolute Gasteiger partial charge is 1.00 e. The first-order valence-corrected chi connectivity index (χ1v) is 12.4. The van der Waals surface area contributed by atoms with E-state index >= 15 is 0 Å². The van der Waals surface area contributed by atoms with Gasteiger partial charge in [-0.2, -0.15) is 0 Å². The molecule has 39 heavy (non-hydrogen) atoms. The number of hydrogen-bond acceptors (Lipinski definition) is 5. The van der Waals surface area contributed by atoms with Crippen LogP contribution in [-0.4, -0.2) is 27.7 Å². The number of hydrogen-bond donors (Lipinski definition) is 3. The number of primary amides is 1. The number of benzene rings is 3. The van der Waals surface area contributed by atoms with Gasteiger partial charge in [-0.05, 0) is 49.4 Å². The van der Waals surface area contributed by atoms with Crippen LogP contribution in [-0.2, 0) is 19.4 Å². The maximum atomic E-state index is 13.5. The summed E-state index contributed by atoms with van der Waals surface area (Å²) in [7, 11) is 0. The molecule has 7 nitrogen and oxygen atoms in total. The van der Waals surface area contributed by atoms with Crippen LogP contribution in [0.2, 0.25) is 0 Å². The zero-order valence-electron chi connectivity index (χ0n) is 21.3. The van der Waals surface area contributed by atoms with Crippen molar-refractivity contribution in [2.45, 2.75) is 32.7 Å². The Balaban J connectivity index is 0.00000353. The van der Waals surface area contributed by atoms with Gasteiger partial charge in [-0.25, -0.2) is 4.57 Å². The van der Waals surface area contributed by atoms with Crippen molar-refractivity contribution in [1.82, 2.24) is 0 Å². The average Bonchev–Trinajstić information content (AvgIpc) is 2.89. The third kappa shape index (κ3) is 5.33. The SMILES string of the molecule is Cc1ccc(C[n+]2ccc(CCCc3c(C(N)=O)cc(O)c4c3C(=O)c3cccc(O)c3C4=O)cc2)cc1.[Br-]. The highest BCUT2D eigenvalue weighted by molar-refractivity contribution is 6.31. The van der Waals surface area contributed by atoms with Crippen LogP contribution < -0.4 is 27.3 Å². The molecule has 1 aliphatic carbocycles. The molecule has 1 heterocycles. The smallest absolute Gasteiger partial charge is 0.249 e. The molecule has 0 saturated heterocycles. The summed E-state index contributed by atoms with van der Waals surface area (Å²) in [5.74, 6) is -2.84. The van der Waals surface area contributed by atoms with Crippen LogP contribution in [0.3, 0.4) is 0 Å². The molecule has 4 aromatic rings. The summed E-state index contributed by atoms with van der Waals surface area (Å²) in [6.45, 7) is 2.82. The van der Waals surface area contributed by atoms with Crippen LogP contribution in [0.15, 0.2) is 73.1 Å². The molecule has 3 aromatic carbocycles. The molecule has 0 spiro atoms. The van der Waals surface area contributed by atoms with Crippen LogP contribution in [0.4, 0.5) is 0 Å². The van der Waals surface area contributed by atoms with Crippen LogP contribution in [0.1, 0.15) is 70.9 Å². The minimum Gasteiger partial charge on any atom is -1.00 e. The lowest BCUT2D eigenvalue weighted by molar-refractivity contribution is -0.688. The summed E-state index contributed by atoms with van der Waals surface area (Å²) in [4.78, 5) is 38.9. The lowest BCUT2D eigenvalue weighted by Crippen LogP contribution is -3.00. The van der Waals surface area contributed by atoms with Gasteiger partial charge in [-0.1, -0.05) is 42.0 Å². The molecule has 1 amide bonds. The first-order chi connectivity index (χ1) is 18.2. The van der Waals surface area contributed by atoms with Gasteiger partial charge in [0.25, 0.3) is 0 Å². The van der Waals surface area contributed by atoms with Crippen molar-refractivity contribution in [2.75, 3.05) is 0 Å². The zero-order valence-corrected chi connectivity index (χ0v) is 22.9. The number of aromatic hydroxyl groups is 2. The van der Waals surface area contributed by atoms with E-state index in [0.29, 0.717) is 24.8 Å². The van der Waals surface area contributed by atoms with Gasteiger partial charge in [0.1, 0.15) is 11.5 Å². The van der Waals surface area contributed by atoms with Crippen molar-refractivity contribution in [3.63, 3.8) is 0 Å². The quantitative estimate of drug-likeness (QED) is 0.243. The molecule has 8 heteroatoms. The lowest BCUT2D eigenvalue weighted by Gasteiger charge is -2.23. The maximum Gasteiger partial charge on any atom is 0.249 e. The molecule has 1 aliphatic rings. The van der Waals surface area contributed by atoms with E-state index in [1.807, 2.05) is 24.5 Å². The number of phenolic OH excluding ortho intramolecular Hbond substituents is 2. The Morgan fingerprint density at radius 1 is 0.821 bits per heavy atom. The molecule has 0 radical (unpaired) electrons. The number of carbonyl (C=O) groups is 3. The number of pyridine rings is 1. The first kappa shape index (κ1) is 27.7. The second-order valence-electron chi connectivity index (χ2n) is 9.61. The van der Waals surface area contributed by atoms with Crippen LogP contribution in [0, 0.1) is 6.92 Å². The van der Waals surface area contributed by atoms with Gasteiger partial charge in [-0.15, -0.1) is 0 Å². The molecular weight excluding hydrogens is 560 g/mol. The van der Waals surface area contributed by atoms with Crippen LogP contribution >= 0.6 is 0 Å². The summed E-state index contributed by atoms with van der Waals surface area (Å²) in [6, 6.07) is 17.8. The Morgan fingerprint density at radius 3 is 2.18 bits per heavy atom. The Kier molecular flexibility index (Phi) is 7.97. The lowest BCUT2D eigenvalue weighted by atomic mass is 9.78. The predicted molar refractivity (Wildman–Crippen MR) is 141 cm³/mol. The molecule has 5 rings (SSSR count). The molecule has 0 atom stereocenters. The van der Waals surface area contributed by atoms with Crippen LogP contribution in [0.25, 0.3) is 0 Å². The number of nitrogens with two attached hydrogens (primary N) is 1. The molecular formula is C31H27BrN2O5. The Morgan fingerprint density at radius 2 is 1.51 bits per heavy atom. The van der Waals surface area contributed by atoms with E-state index in [-0.39, 0.29) is 50.5 Å². The standard InChI is InChI=1S/C31H26N2O5.BrH/c1-18-8-10-20(11-9-18)17-33-14-12-19(13-15-33)4-2-5-21-23(31(32)38)16-25(35)28-27(21)29(36)22-6-3-7-24(34)26(22)30(28)37;/h3,6-16H,2,4-5,17H2,1H3,(H3-,32,34,35,37,38);1H. The minimum atomic E-state index is -0.795. The second kappa shape index (κ2) is 11.2. The Hall–Kier alpha value is -4.30. The molecule has 198 valence electrons. The molecule has 4 N–H and O–H groups in total. The number of carbonyl (C=O) groups excluding carboxylic acids is 3. The van der Waals surface area contributed by atoms with Crippen molar-refractivity contribution >= 4 is 17.5 Å². The summed E-state index contributed by atoms with van der Waals surface area (Å²) in [5, 5.41) is 20.8. The maximum absolute atomic E-state index is 13.5. The summed E-state index contributed by atoms with van der Waals surface area (Å²) in [5.41, 5.74) is 9.10. The van der Waals surface area contributed by atoms with Crippen molar-refractivity contribution in [3.05, 3.63) is 123 Å². The van der Waals surface area contributed by atoms with Crippen molar-refractivity contribution in [2.24, 2.45) is 5.73 Å². The number of nitrogens with zero attached hydrogens (tertiary/aromatic N) is 1. The predicted octanol–water partition coefficient (Wildman–Crippen LogP) is 0.796. The number of halogens is 1. The van der Waals surface area contributed by atoms with Gasteiger partial charge in [-0.3, -0.25) is 14.4 Å². The Bertz CT molecular complexity index is 1600. The number of ketones is 2. The van der Waals surface area contributed by atoms with E-state index in [1.165, 1.54) is 29.3 Å². The third-order valence-corrected chi connectivity index (χ3v) is 6.99. The number of aromatic nitrogens is 1. The highest BCUT2D eigenvalue weighted by Gasteiger charge is 2.37. The van der Waals surface area contributed by atoms with E-state index in [0.717, 1.165) is 18.2 Å². The number of rotatable bonds is 7. The van der Waals surface area contributed by atoms with E-state index < -0.39 is 23.2 Å². The van der Waals surface area contributed by atoms with Gasteiger partial charge < -0.3 is 32.9 Å². The fourth-order valence-corrected chi connectivity index (χ4v) is 5.03. The fraction of sp³-hybridized carbons (Fsp3) is 0.161. The average molecular weight is 587 g/mol. The zero-order chi connectivity index (χ0) is 27.0. The highest BCUT2D eigenvalue weighted by atomic mass is 79.9. The van der Waals surface area contributed by atoms with Gasteiger partial charge in [0.2, 0.25) is 11.7 Å². The van der Waals surface area contributed by atoms with Gasteiger partial charge in [0.05, 0.1) is 11.1 Å². The van der Waals surface area contributed by atoms with Crippen molar-refractivity contribution < 1.29 is 46.1 Å². The Labute approximate surface area is 236 Å². The van der Waals surface area contributed by atoms with E-state index in [9.17, 15) is 24.6 Å². The van der Waals surface area contributed by atoms with Crippen molar-refractivity contribution in [1.29, 1.82) is 0 Å². The normalized spacial score (nSPS) is 11.9. The van der Waals surface area contributed by atoms with E-state index in [1.54, 1.807) is 0 Å². The highest BCUT2D eigenvalue weighted by Crippen LogP contribution is 2.39. The van der Waals surface area contributed by atoms with Gasteiger partial charge in [0, 0.05) is 34.4 Å². The molecule has 0 saturated carbocycles. The molecule has 0 bridgehead atoms. The number of phenols is 2. The molecule has 0 aliphatic heterocycles. The number of aryl methyl sites for hydroxylation is 2. The van der Waals surface area contributed by atoms with E-state index in [2.05, 4.69) is 35.8 Å². The monoisotopic (exact) mass is 586 g/mol. The minimum absolute atomic E-state index is 0. The number of fused-ring (bicyclic) bond motifs is 2. The number of amides is 1. The van der Waals surface area contributed by atoms with Gasteiger partial charge in [0.15, 0.2) is 24.7 Å². The van der Waals surface area contributed by atoms with E-state index in [4.69, 9.17) is 5.73 Å². The van der Waals surface area contributed by atoms with Gasteiger partial charge >= 0.3 is 0 Å². The molecule has 0 unspecified atom stereocenters. The van der Waals surface area contributed by atoms with Crippen molar-refractivity contribution in [3.8, 4) is 11.5 Å².